The summed E-state index contributed by atoms with van der Waals surface area (Å²) < 4.78 is 15.7. The van der Waals surface area contributed by atoms with Gasteiger partial charge in [0.05, 0.1) is 0 Å². The van der Waals surface area contributed by atoms with E-state index in [1.54, 1.807) is 0 Å². The number of aromatic nitrogens is 3. The molecule has 6 aromatic rings. The van der Waals surface area contributed by atoms with Crippen molar-refractivity contribution in [3.8, 4) is 17.4 Å². The van der Waals surface area contributed by atoms with E-state index in [0.29, 0.717) is 17.5 Å². The van der Waals surface area contributed by atoms with Crippen LogP contribution in [0.5, 0.6) is 11.6 Å². The number of aryl methyl sites for hydroxylation is 3. The van der Waals surface area contributed by atoms with Crippen LogP contribution in [0.25, 0.3) is 27.6 Å². The molecule has 0 saturated carbocycles. The van der Waals surface area contributed by atoms with Crippen molar-refractivity contribution in [3.63, 3.8) is 0 Å². The number of fused-ring (bicyclic) bond motifs is 8. The topological polar surface area (TPSA) is 61.5 Å². The summed E-state index contributed by atoms with van der Waals surface area (Å²) in [6.45, 7) is 19.6. The molecule has 0 fully saturated rings. The Morgan fingerprint density at radius 2 is 1.53 bits per heavy atom. The maximum atomic E-state index is 6.86. The molecule has 3 aromatic carbocycles. The smallest absolute Gasteiger partial charge is 0.525 e. The molecule has 49 heavy (non-hydrogen) atoms. The van der Waals surface area contributed by atoms with Crippen LogP contribution in [-0.2, 0) is 42.2 Å². The van der Waals surface area contributed by atoms with Crippen LogP contribution in [0.4, 0.5) is 0 Å². The SMILES string of the molecule is Cc1cc2c3c(c1)c1cc(C)c(Oc4[c-]c(C5=N[C@]6(C)c7ccccc7C(C)(C)[C@]6(C)O5)cc(C)n4)[c-]c1n3-c1ncccc1C2(C)C.[Pt+2]. The Morgan fingerprint density at radius 1 is 0.796 bits per heavy atom. The molecule has 3 aliphatic rings. The summed E-state index contributed by atoms with van der Waals surface area (Å²) in [5.74, 6) is 2.45. The summed E-state index contributed by atoms with van der Waals surface area (Å²) in [6.07, 6.45) is 1.87. The van der Waals surface area contributed by atoms with Gasteiger partial charge in [0.2, 0.25) is 0 Å². The fourth-order valence-corrected chi connectivity index (χ4v) is 8.69. The summed E-state index contributed by atoms with van der Waals surface area (Å²) in [5.41, 5.74) is 9.21. The van der Waals surface area contributed by atoms with E-state index in [-0.39, 0.29) is 31.9 Å². The summed E-state index contributed by atoms with van der Waals surface area (Å²) in [4.78, 5) is 14.9. The van der Waals surface area contributed by atoms with E-state index in [1.807, 2.05) is 25.3 Å². The standard InChI is InChI=1S/C42H38N4O2.Pt/c1-23-17-28-27-19-24(2)34(22-33(27)46-36(28)32(18-23)39(4,5)31-15-12-16-43-37(31)46)47-35-21-26(20-25(3)44-35)38-45-41(8)30-14-11-10-13-29(30)40(6,7)42(41,9)48-38;/h10-20H,1-9H3;/q-2;+2/t41-,42+;/m1./s1. The van der Waals surface area contributed by atoms with E-state index in [4.69, 9.17) is 24.4 Å². The molecule has 1 aliphatic carbocycles. The first kappa shape index (κ1) is 32.0. The van der Waals surface area contributed by atoms with Gasteiger partial charge in [0.1, 0.15) is 22.9 Å². The van der Waals surface area contributed by atoms with Crippen LogP contribution in [0, 0.1) is 32.9 Å². The molecule has 0 bridgehead atoms. The molecule has 0 N–H and O–H groups in total. The normalized spacial score (nSPS) is 22.2. The largest absolute Gasteiger partial charge is 2.00 e. The van der Waals surface area contributed by atoms with Gasteiger partial charge in [0.25, 0.3) is 0 Å². The zero-order valence-corrected chi connectivity index (χ0v) is 31.5. The van der Waals surface area contributed by atoms with Crippen molar-refractivity contribution < 1.29 is 30.5 Å². The second-order valence-electron chi connectivity index (χ2n) is 15.2. The first-order valence-corrected chi connectivity index (χ1v) is 16.7. The maximum Gasteiger partial charge on any atom is 2.00 e. The first-order valence-electron chi connectivity index (χ1n) is 16.7. The zero-order valence-electron chi connectivity index (χ0n) is 29.3. The van der Waals surface area contributed by atoms with E-state index >= 15 is 0 Å². The Morgan fingerprint density at radius 3 is 2.31 bits per heavy atom. The molecular formula is C42H38N4O2Pt. The van der Waals surface area contributed by atoms with E-state index in [2.05, 4.69) is 121 Å². The van der Waals surface area contributed by atoms with E-state index in [0.717, 1.165) is 33.5 Å². The summed E-state index contributed by atoms with van der Waals surface area (Å²) in [5, 5.41) is 2.33. The van der Waals surface area contributed by atoms with Gasteiger partial charge < -0.3 is 14.0 Å². The van der Waals surface area contributed by atoms with Crippen LogP contribution in [0.3, 0.4) is 0 Å². The van der Waals surface area contributed by atoms with Crippen LogP contribution in [0.2, 0.25) is 0 Å². The number of ether oxygens (including phenoxy) is 2. The molecule has 3 aromatic heterocycles. The Hall–Kier alpha value is -4.28. The van der Waals surface area contributed by atoms with Gasteiger partial charge in [-0.15, -0.1) is 34.7 Å². The number of hydrogen-bond donors (Lipinski definition) is 0. The second kappa shape index (κ2) is 10.1. The molecule has 7 heteroatoms. The third-order valence-electron chi connectivity index (χ3n) is 11.7. The van der Waals surface area contributed by atoms with Crippen molar-refractivity contribution in [2.45, 2.75) is 84.3 Å². The third kappa shape index (κ3) is 4.01. The van der Waals surface area contributed by atoms with Crippen LogP contribution in [0.1, 0.15) is 86.2 Å². The van der Waals surface area contributed by atoms with Gasteiger partial charge >= 0.3 is 21.1 Å². The Kier molecular flexibility index (Phi) is 6.61. The van der Waals surface area contributed by atoms with Gasteiger partial charge in [-0.1, -0.05) is 88.2 Å². The molecule has 0 spiro atoms. The molecule has 0 saturated heterocycles. The minimum absolute atomic E-state index is 0. The van der Waals surface area contributed by atoms with Crippen molar-refractivity contribution >= 4 is 27.7 Å². The number of nitrogens with zero attached hydrogens (tertiary/aromatic N) is 4. The molecule has 2 aliphatic heterocycles. The summed E-state index contributed by atoms with van der Waals surface area (Å²) in [6, 6.07) is 28.6. The van der Waals surface area contributed by atoms with Crippen molar-refractivity contribution in [2.24, 2.45) is 4.99 Å². The third-order valence-corrected chi connectivity index (χ3v) is 11.7. The van der Waals surface area contributed by atoms with E-state index < -0.39 is 11.1 Å². The molecule has 5 heterocycles. The van der Waals surface area contributed by atoms with Crippen molar-refractivity contribution in [2.75, 3.05) is 0 Å². The maximum absolute atomic E-state index is 6.86. The fraction of sp³-hybridized carbons (Fsp3) is 0.310. The average Bonchev–Trinajstić information content (AvgIpc) is 3.55. The van der Waals surface area contributed by atoms with Gasteiger partial charge in [0.15, 0.2) is 5.88 Å². The monoisotopic (exact) mass is 825 g/mol. The van der Waals surface area contributed by atoms with Crippen LogP contribution in [0.15, 0.2) is 71.9 Å². The van der Waals surface area contributed by atoms with Crippen LogP contribution < -0.4 is 4.74 Å². The van der Waals surface area contributed by atoms with Crippen LogP contribution >= 0.6 is 0 Å². The molecule has 2 atom stereocenters. The average molecular weight is 826 g/mol. The van der Waals surface area contributed by atoms with Gasteiger partial charge in [-0.2, -0.15) is 6.07 Å². The van der Waals surface area contributed by atoms with Gasteiger partial charge in [-0.05, 0) is 61.5 Å². The zero-order chi connectivity index (χ0) is 33.5. The quantitative estimate of drug-likeness (QED) is 0.167. The Balaban J connectivity index is 0.00000348. The van der Waals surface area contributed by atoms with E-state index in [1.165, 1.54) is 38.7 Å². The number of hydrogen-bond acceptors (Lipinski definition) is 5. The van der Waals surface area contributed by atoms with Gasteiger partial charge in [-0.25, -0.2) is 9.97 Å². The molecule has 6 nitrogen and oxygen atoms in total. The predicted octanol–water partition coefficient (Wildman–Crippen LogP) is 9.27. The van der Waals surface area contributed by atoms with Crippen molar-refractivity contribution in [1.29, 1.82) is 0 Å². The molecule has 9 rings (SSSR count). The van der Waals surface area contributed by atoms with Gasteiger partial charge in [-0.3, -0.25) is 4.99 Å². The molecular weight excluding hydrogens is 788 g/mol. The summed E-state index contributed by atoms with van der Waals surface area (Å²) >= 11 is 0. The van der Waals surface area contributed by atoms with Crippen LogP contribution in [-0.4, -0.2) is 26.0 Å². The van der Waals surface area contributed by atoms with Crippen molar-refractivity contribution in [3.05, 3.63) is 124 Å². The van der Waals surface area contributed by atoms with Gasteiger partial charge in [0, 0.05) is 33.9 Å². The second-order valence-corrected chi connectivity index (χ2v) is 15.2. The number of pyridine rings is 2. The number of aliphatic imine (C=N–C) groups is 1. The molecule has 0 amide bonds. The minimum Gasteiger partial charge on any atom is -0.525 e. The summed E-state index contributed by atoms with van der Waals surface area (Å²) in [7, 11) is 0. The number of benzene rings is 3. The van der Waals surface area contributed by atoms with E-state index in [9.17, 15) is 0 Å². The molecule has 0 radical (unpaired) electrons. The predicted molar refractivity (Wildman–Crippen MR) is 190 cm³/mol. The molecule has 248 valence electrons. The number of rotatable bonds is 3. The fourth-order valence-electron chi connectivity index (χ4n) is 8.69. The first-order chi connectivity index (χ1) is 22.7. The molecule has 0 unspecified atom stereocenters. The Bertz CT molecular complexity index is 2440. The van der Waals surface area contributed by atoms with Crippen molar-refractivity contribution in [1.82, 2.24) is 14.5 Å². The minimum atomic E-state index is -0.574. The Labute approximate surface area is 301 Å².